The van der Waals surface area contributed by atoms with Crippen molar-refractivity contribution in [3.8, 4) is 5.75 Å². The summed E-state index contributed by atoms with van der Waals surface area (Å²) in [4.78, 5) is 49.4. The normalized spacial score (nSPS) is 15.1. The van der Waals surface area contributed by atoms with Gasteiger partial charge in [-0.05, 0) is 69.4 Å². The van der Waals surface area contributed by atoms with Crippen LogP contribution >= 0.6 is 23.1 Å². The minimum Gasteiger partial charge on any atom is -0.496 e. The van der Waals surface area contributed by atoms with E-state index in [4.69, 9.17) is 4.74 Å². The van der Waals surface area contributed by atoms with Gasteiger partial charge in [0, 0.05) is 42.7 Å². The third-order valence-electron chi connectivity index (χ3n) is 6.70. The Balaban J connectivity index is 1.47. The number of nitrogens with one attached hydrogen (secondary N) is 1. The van der Waals surface area contributed by atoms with E-state index in [1.807, 2.05) is 58.3 Å². The second kappa shape index (κ2) is 13.3. The van der Waals surface area contributed by atoms with E-state index in [1.54, 1.807) is 29.2 Å². The van der Waals surface area contributed by atoms with Gasteiger partial charge in [0.25, 0.3) is 11.8 Å². The van der Waals surface area contributed by atoms with E-state index in [9.17, 15) is 14.4 Å². The monoisotopic (exact) mass is 593 g/mol. The van der Waals surface area contributed by atoms with Crippen LogP contribution in [0.2, 0.25) is 0 Å². The Kier molecular flexibility index (Phi) is 9.85. The van der Waals surface area contributed by atoms with Gasteiger partial charge in [-0.15, -0.1) is 0 Å². The number of thiazole rings is 1. The number of rotatable bonds is 9. The number of carbonyl (C=O) groups excluding carboxylic acids is 3. The summed E-state index contributed by atoms with van der Waals surface area (Å²) in [5.41, 5.74) is 3.05. The average Bonchev–Trinajstić information content (AvgIpc) is 3.39. The Morgan fingerprint density at radius 3 is 2.71 bits per heavy atom. The van der Waals surface area contributed by atoms with Crippen molar-refractivity contribution in [2.75, 3.05) is 46.2 Å². The average molecular weight is 594 g/mol. The molecule has 1 saturated heterocycles. The topological polar surface area (TPSA) is 95.1 Å². The molecule has 3 amide bonds. The lowest BCUT2D eigenvalue weighted by Gasteiger charge is -2.39. The highest BCUT2D eigenvalue weighted by Gasteiger charge is 2.30. The molecule has 1 atom stereocenters. The van der Waals surface area contributed by atoms with Crippen LogP contribution in [0.4, 0.5) is 5.13 Å². The molecule has 9 nitrogen and oxygen atoms in total. The van der Waals surface area contributed by atoms with Crippen LogP contribution in [-0.2, 0) is 11.3 Å². The molecule has 11 heteroatoms. The maximum atomic E-state index is 13.6. The molecule has 41 heavy (non-hydrogen) atoms. The van der Waals surface area contributed by atoms with E-state index in [-0.39, 0.29) is 23.8 Å². The van der Waals surface area contributed by atoms with Gasteiger partial charge < -0.3 is 19.4 Å². The third kappa shape index (κ3) is 7.35. The summed E-state index contributed by atoms with van der Waals surface area (Å²) < 4.78 is 6.45. The standard InChI is InChI=1S/C30H35N5O4S2/c1-7-26(36)35-12-11-34(17-20(35)3)29(38)23-15-25(19(2)13-24(23)39-6)40-27-16-31-30(41-27)32-28(37)22-10-8-9-21(14-22)18-33(4)5/h7-10,13-16,20H,1,11-12,17-18H2,2-6H3,(H,31,32,37)/t20-/m1/s1. The molecule has 3 aromatic rings. The van der Waals surface area contributed by atoms with Crippen molar-refractivity contribution in [3.05, 3.63) is 77.5 Å². The maximum Gasteiger partial charge on any atom is 0.257 e. The quantitative estimate of drug-likeness (QED) is 0.357. The van der Waals surface area contributed by atoms with Gasteiger partial charge in [-0.25, -0.2) is 4.98 Å². The first-order valence-corrected chi connectivity index (χ1v) is 14.8. The Bertz CT molecular complexity index is 1450. The molecule has 0 bridgehead atoms. The number of hydrogen-bond donors (Lipinski definition) is 1. The number of piperazine rings is 1. The van der Waals surface area contributed by atoms with Crippen molar-refractivity contribution >= 4 is 46.0 Å². The van der Waals surface area contributed by atoms with Crippen molar-refractivity contribution in [2.24, 2.45) is 0 Å². The van der Waals surface area contributed by atoms with Crippen LogP contribution in [-0.4, -0.2) is 84.3 Å². The van der Waals surface area contributed by atoms with Gasteiger partial charge in [-0.1, -0.05) is 41.8 Å². The maximum absolute atomic E-state index is 13.6. The number of ether oxygens (including phenoxy) is 1. The highest BCUT2D eigenvalue weighted by molar-refractivity contribution is 8.01. The predicted octanol–water partition coefficient (Wildman–Crippen LogP) is 4.78. The number of nitrogens with zero attached hydrogens (tertiary/aromatic N) is 4. The Morgan fingerprint density at radius 1 is 1.24 bits per heavy atom. The SMILES string of the molecule is C=CC(=O)N1CCN(C(=O)c2cc(Sc3cnc(NC(=O)c4cccc(CN(C)C)c4)s3)c(C)cc2OC)C[C@H]1C. The minimum absolute atomic E-state index is 0.121. The van der Waals surface area contributed by atoms with Gasteiger partial charge >= 0.3 is 0 Å². The molecule has 2 aromatic carbocycles. The molecule has 0 spiro atoms. The van der Waals surface area contributed by atoms with Gasteiger partial charge in [0.2, 0.25) is 5.91 Å². The molecule has 2 heterocycles. The zero-order valence-corrected chi connectivity index (χ0v) is 25.6. The number of hydrogen-bond acceptors (Lipinski definition) is 8. The molecule has 1 aliphatic rings. The lowest BCUT2D eigenvalue weighted by molar-refractivity contribution is -0.129. The van der Waals surface area contributed by atoms with E-state index in [0.29, 0.717) is 41.6 Å². The second-order valence-electron chi connectivity index (χ2n) is 10.1. The van der Waals surface area contributed by atoms with E-state index in [1.165, 1.54) is 29.2 Å². The van der Waals surface area contributed by atoms with Crippen LogP contribution in [0.25, 0.3) is 0 Å². The summed E-state index contributed by atoms with van der Waals surface area (Å²) in [6.07, 6.45) is 3.02. The lowest BCUT2D eigenvalue weighted by atomic mass is 10.1. The van der Waals surface area contributed by atoms with Crippen LogP contribution < -0.4 is 10.1 Å². The fourth-order valence-electron chi connectivity index (χ4n) is 4.68. The fraction of sp³-hybridized carbons (Fsp3) is 0.333. The number of methoxy groups -OCH3 is 1. The van der Waals surface area contributed by atoms with Gasteiger partial charge in [-0.3, -0.25) is 19.7 Å². The fourth-order valence-corrected chi connectivity index (χ4v) is 6.62. The first kappa shape index (κ1) is 30.3. The smallest absolute Gasteiger partial charge is 0.257 e. The molecule has 0 saturated carbocycles. The Hall–Kier alpha value is -3.67. The molecule has 1 fully saturated rings. The van der Waals surface area contributed by atoms with E-state index in [0.717, 1.165) is 26.8 Å². The highest BCUT2D eigenvalue weighted by atomic mass is 32.2. The van der Waals surface area contributed by atoms with Gasteiger partial charge in [-0.2, -0.15) is 0 Å². The highest BCUT2D eigenvalue weighted by Crippen LogP contribution is 2.38. The zero-order valence-electron chi connectivity index (χ0n) is 24.0. The molecular formula is C30H35N5O4S2. The summed E-state index contributed by atoms with van der Waals surface area (Å²) in [5, 5.41) is 3.40. The molecular weight excluding hydrogens is 558 g/mol. The van der Waals surface area contributed by atoms with Crippen molar-refractivity contribution in [1.82, 2.24) is 19.7 Å². The number of carbonyl (C=O) groups is 3. The van der Waals surface area contributed by atoms with Crippen LogP contribution in [0, 0.1) is 6.92 Å². The van der Waals surface area contributed by atoms with Crippen LogP contribution in [0.5, 0.6) is 5.75 Å². The third-order valence-corrected chi connectivity index (χ3v) is 8.88. The van der Waals surface area contributed by atoms with Crippen LogP contribution in [0.15, 0.2) is 64.4 Å². The number of benzene rings is 2. The lowest BCUT2D eigenvalue weighted by Crippen LogP contribution is -2.55. The van der Waals surface area contributed by atoms with Crippen LogP contribution in [0.1, 0.15) is 38.8 Å². The largest absolute Gasteiger partial charge is 0.496 e. The van der Waals surface area contributed by atoms with Crippen molar-refractivity contribution in [3.63, 3.8) is 0 Å². The van der Waals surface area contributed by atoms with Crippen molar-refractivity contribution in [1.29, 1.82) is 0 Å². The Labute approximate surface area is 249 Å². The van der Waals surface area contributed by atoms with Crippen molar-refractivity contribution < 1.29 is 19.1 Å². The number of aromatic nitrogens is 1. The summed E-state index contributed by atoms with van der Waals surface area (Å²) >= 11 is 2.85. The van der Waals surface area contributed by atoms with E-state index >= 15 is 0 Å². The Morgan fingerprint density at radius 2 is 2.02 bits per heavy atom. The summed E-state index contributed by atoms with van der Waals surface area (Å²) in [7, 11) is 5.52. The first-order chi connectivity index (χ1) is 19.6. The molecule has 0 unspecified atom stereocenters. The first-order valence-electron chi connectivity index (χ1n) is 13.2. The number of amides is 3. The van der Waals surface area contributed by atoms with Gasteiger partial charge in [0.1, 0.15) is 5.75 Å². The number of aryl methyl sites for hydroxylation is 1. The zero-order chi connectivity index (χ0) is 29.7. The van der Waals surface area contributed by atoms with Gasteiger partial charge in [0.05, 0.1) is 23.1 Å². The van der Waals surface area contributed by atoms with Crippen LogP contribution in [0.3, 0.4) is 0 Å². The van der Waals surface area contributed by atoms with Crippen molar-refractivity contribution in [2.45, 2.75) is 35.5 Å². The summed E-state index contributed by atoms with van der Waals surface area (Å²) in [5.74, 6) is 0.0150. The molecule has 216 valence electrons. The minimum atomic E-state index is -0.214. The molecule has 1 N–H and O–H groups in total. The molecule has 0 aliphatic carbocycles. The summed E-state index contributed by atoms with van der Waals surface area (Å²) in [6, 6.07) is 11.1. The summed E-state index contributed by atoms with van der Waals surface area (Å²) in [6.45, 7) is 9.51. The molecule has 1 aromatic heterocycles. The molecule has 4 rings (SSSR count). The predicted molar refractivity (Wildman–Crippen MR) is 163 cm³/mol. The van der Waals surface area contributed by atoms with E-state index < -0.39 is 0 Å². The van der Waals surface area contributed by atoms with Gasteiger partial charge in [0.15, 0.2) is 5.13 Å². The second-order valence-corrected chi connectivity index (χ2v) is 12.5. The molecule has 1 aliphatic heterocycles. The number of anilines is 1. The molecule has 0 radical (unpaired) electrons. The van der Waals surface area contributed by atoms with E-state index in [2.05, 4.69) is 21.8 Å².